The lowest BCUT2D eigenvalue weighted by atomic mass is 10.2. The first kappa shape index (κ1) is 20.0. The van der Waals surface area contributed by atoms with Crippen LogP contribution < -0.4 is 27.4 Å². The van der Waals surface area contributed by atoms with E-state index in [0.717, 1.165) is 13.0 Å². The van der Waals surface area contributed by atoms with Crippen LogP contribution in [0, 0.1) is 10.1 Å². The molecule has 122 valence electrons. The number of nitrogen functional groups attached to an aromatic ring is 1. The molecule has 0 atom stereocenters. The highest BCUT2D eigenvalue weighted by atomic mass is 35.5. The van der Waals surface area contributed by atoms with Gasteiger partial charge in [-0.1, -0.05) is 0 Å². The Kier molecular flexibility index (Phi) is 8.29. The van der Waals surface area contributed by atoms with Crippen LogP contribution in [0.5, 0.6) is 5.75 Å². The van der Waals surface area contributed by atoms with Gasteiger partial charge in [-0.05, 0) is 6.07 Å². The van der Waals surface area contributed by atoms with Gasteiger partial charge in [0, 0.05) is 12.5 Å². The van der Waals surface area contributed by atoms with Crippen LogP contribution in [0.1, 0.15) is 6.42 Å². The Morgan fingerprint density at radius 3 is 2.77 bits per heavy atom. The second-order valence-electron chi connectivity index (χ2n) is 4.50. The number of benzene rings is 1. The highest BCUT2D eigenvalue weighted by molar-refractivity contribution is 5.85. The van der Waals surface area contributed by atoms with E-state index in [4.69, 9.17) is 10.5 Å². The first-order valence-corrected chi connectivity index (χ1v) is 6.24. The molecule has 0 radical (unpaired) electrons. The molecule has 2 N–H and O–H groups in total. The number of imidazole rings is 1. The SMILES string of the molecule is C[n+]1ccn(CCCOc2cc([N+](=O)[O-])ccc2N)c1.Cl.[Cl-]. The summed E-state index contributed by atoms with van der Waals surface area (Å²) in [5.41, 5.74) is 6.11. The molecule has 0 saturated carbocycles. The number of hydrogen-bond acceptors (Lipinski definition) is 4. The zero-order valence-electron chi connectivity index (χ0n) is 12.0. The van der Waals surface area contributed by atoms with Gasteiger partial charge in [-0.25, -0.2) is 9.13 Å². The van der Waals surface area contributed by atoms with Crippen LogP contribution in [0.4, 0.5) is 11.4 Å². The number of non-ortho nitro benzene ring substituents is 1. The van der Waals surface area contributed by atoms with Gasteiger partial charge < -0.3 is 22.9 Å². The number of rotatable bonds is 6. The average molecular weight is 349 g/mol. The van der Waals surface area contributed by atoms with Crippen molar-refractivity contribution < 1.29 is 26.6 Å². The maximum Gasteiger partial charge on any atom is 0.273 e. The van der Waals surface area contributed by atoms with Gasteiger partial charge in [-0.2, -0.15) is 0 Å². The van der Waals surface area contributed by atoms with Gasteiger partial charge in [0.1, 0.15) is 18.1 Å². The standard InChI is InChI=1S/C13H17N4O3.2ClH/c1-15-6-7-16(10-15)5-2-8-20-13-9-11(17(18)19)3-4-12(13)14;;/h3-4,6-7,9-10H,2,5,8,14H2,1H3;2*1H/q+1;;/p-1. The highest BCUT2D eigenvalue weighted by Gasteiger charge is 2.10. The molecule has 0 fully saturated rings. The van der Waals surface area contributed by atoms with Crippen molar-refractivity contribution in [2.24, 2.45) is 7.05 Å². The molecule has 0 bridgehead atoms. The second kappa shape index (κ2) is 9.11. The fourth-order valence-electron chi connectivity index (χ4n) is 1.82. The van der Waals surface area contributed by atoms with Crippen LogP contribution in [0.25, 0.3) is 0 Å². The monoisotopic (exact) mass is 348 g/mol. The molecule has 0 saturated heterocycles. The lowest BCUT2D eigenvalue weighted by Gasteiger charge is -2.07. The number of aromatic nitrogens is 2. The summed E-state index contributed by atoms with van der Waals surface area (Å²) in [5.74, 6) is 0.359. The van der Waals surface area contributed by atoms with Crippen molar-refractivity contribution in [2.75, 3.05) is 12.3 Å². The molecule has 22 heavy (non-hydrogen) atoms. The number of nitrogens with zero attached hydrogens (tertiary/aromatic N) is 3. The summed E-state index contributed by atoms with van der Waals surface area (Å²) in [5, 5.41) is 10.7. The van der Waals surface area contributed by atoms with Gasteiger partial charge >= 0.3 is 0 Å². The third-order valence-electron chi connectivity index (χ3n) is 2.85. The van der Waals surface area contributed by atoms with E-state index < -0.39 is 4.92 Å². The van der Waals surface area contributed by atoms with Crippen molar-refractivity contribution in [2.45, 2.75) is 13.0 Å². The summed E-state index contributed by atoms with van der Waals surface area (Å²) in [7, 11) is 1.96. The lowest BCUT2D eigenvalue weighted by molar-refractivity contribution is -0.671. The van der Waals surface area contributed by atoms with Crippen LogP contribution in [-0.4, -0.2) is 16.1 Å². The van der Waals surface area contributed by atoms with E-state index in [1.165, 1.54) is 18.2 Å². The molecule has 2 aromatic rings. The van der Waals surface area contributed by atoms with E-state index >= 15 is 0 Å². The molecule has 1 heterocycles. The molecule has 0 spiro atoms. The number of hydrogen-bond donors (Lipinski definition) is 1. The fourth-order valence-corrected chi connectivity index (χ4v) is 1.82. The quantitative estimate of drug-likeness (QED) is 0.231. The number of nitro benzene ring substituents is 1. The maximum atomic E-state index is 10.7. The van der Waals surface area contributed by atoms with Crippen LogP contribution in [0.2, 0.25) is 0 Å². The Morgan fingerprint density at radius 1 is 1.45 bits per heavy atom. The van der Waals surface area contributed by atoms with Crippen molar-refractivity contribution in [1.29, 1.82) is 0 Å². The number of ether oxygens (including phenoxy) is 1. The molecule has 9 heteroatoms. The second-order valence-corrected chi connectivity index (χ2v) is 4.50. The summed E-state index contributed by atoms with van der Waals surface area (Å²) in [4.78, 5) is 10.2. The summed E-state index contributed by atoms with van der Waals surface area (Å²) in [6.45, 7) is 1.27. The largest absolute Gasteiger partial charge is 1.00 e. The third-order valence-corrected chi connectivity index (χ3v) is 2.85. The minimum atomic E-state index is -0.466. The molecular formula is C13H18Cl2N4O3. The van der Waals surface area contributed by atoms with Gasteiger partial charge in [0.25, 0.3) is 5.69 Å². The lowest BCUT2D eigenvalue weighted by Crippen LogP contribution is -3.00. The molecule has 7 nitrogen and oxygen atoms in total. The zero-order chi connectivity index (χ0) is 14.5. The molecule has 0 unspecified atom stereocenters. The fraction of sp³-hybridized carbons (Fsp3) is 0.308. The average Bonchev–Trinajstić information content (AvgIpc) is 2.82. The molecule has 0 aliphatic rings. The van der Waals surface area contributed by atoms with Crippen molar-refractivity contribution in [3.05, 3.63) is 47.0 Å². The molecular weight excluding hydrogens is 331 g/mol. The van der Waals surface area contributed by atoms with Crippen LogP contribution in [0.15, 0.2) is 36.9 Å². The summed E-state index contributed by atoms with van der Waals surface area (Å²) >= 11 is 0. The molecule has 1 aromatic heterocycles. The van der Waals surface area contributed by atoms with Gasteiger partial charge in [-0.15, -0.1) is 12.4 Å². The normalized spacial score (nSPS) is 9.50. The smallest absolute Gasteiger partial charge is 0.273 e. The van der Waals surface area contributed by atoms with E-state index in [2.05, 4.69) is 0 Å². The first-order valence-electron chi connectivity index (χ1n) is 6.24. The summed E-state index contributed by atoms with van der Waals surface area (Å²) < 4.78 is 9.51. The number of aryl methyl sites for hydroxylation is 2. The zero-order valence-corrected chi connectivity index (χ0v) is 13.6. The Balaban J connectivity index is 0.00000220. The molecule has 0 aliphatic carbocycles. The van der Waals surface area contributed by atoms with Gasteiger partial charge in [0.2, 0.25) is 6.33 Å². The van der Waals surface area contributed by atoms with E-state index in [1.807, 2.05) is 34.9 Å². The van der Waals surface area contributed by atoms with Gasteiger partial charge in [0.15, 0.2) is 0 Å². The minimum absolute atomic E-state index is 0. The van der Waals surface area contributed by atoms with Crippen LogP contribution >= 0.6 is 12.4 Å². The predicted molar refractivity (Wildman–Crippen MR) is 80.5 cm³/mol. The number of nitrogens with two attached hydrogens (primary N) is 1. The van der Waals surface area contributed by atoms with Crippen LogP contribution in [-0.2, 0) is 13.6 Å². The van der Waals surface area contributed by atoms with Gasteiger partial charge in [-0.3, -0.25) is 10.1 Å². The highest BCUT2D eigenvalue weighted by Crippen LogP contribution is 2.26. The van der Waals surface area contributed by atoms with Crippen molar-refractivity contribution in [3.8, 4) is 5.75 Å². The van der Waals surface area contributed by atoms with Crippen molar-refractivity contribution >= 4 is 23.8 Å². The maximum absolute atomic E-state index is 10.7. The molecule has 1 aromatic carbocycles. The van der Waals surface area contributed by atoms with Gasteiger partial charge in [0.05, 0.1) is 36.9 Å². The number of anilines is 1. The Morgan fingerprint density at radius 2 is 2.18 bits per heavy atom. The predicted octanol–water partition coefficient (Wildman–Crippen LogP) is -1.30. The first-order chi connectivity index (χ1) is 9.56. The van der Waals surface area contributed by atoms with E-state index in [1.54, 1.807) is 0 Å². The molecule has 0 amide bonds. The van der Waals surface area contributed by atoms with E-state index in [-0.39, 0.29) is 30.5 Å². The number of halogens is 2. The molecule has 2 rings (SSSR count). The Labute approximate surface area is 140 Å². The summed E-state index contributed by atoms with van der Waals surface area (Å²) in [6, 6.07) is 4.20. The van der Waals surface area contributed by atoms with Crippen LogP contribution in [0.3, 0.4) is 0 Å². The van der Waals surface area contributed by atoms with E-state index in [9.17, 15) is 10.1 Å². The third kappa shape index (κ3) is 5.42. The number of nitro groups is 1. The van der Waals surface area contributed by atoms with Crippen molar-refractivity contribution in [3.63, 3.8) is 0 Å². The topological polar surface area (TPSA) is 87.2 Å². The van der Waals surface area contributed by atoms with Crippen molar-refractivity contribution in [1.82, 2.24) is 4.57 Å². The Bertz CT molecular complexity index is 619. The van der Waals surface area contributed by atoms with E-state index in [0.29, 0.717) is 18.0 Å². The Hall–Kier alpha value is -1.99. The molecule has 0 aliphatic heterocycles. The minimum Gasteiger partial charge on any atom is -1.00 e. The summed E-state index contributed by atoms with van der Waals surface area (Å²) in [6.07, 6.45) is 6.69.